The largest absolute Gasteiger partial charge is 0.345 e. The number of hydrogen-bond acceptors (Lipinski definition) is 4. The van der Waals surface area contributed by atoms with Crippen LogP contribution in [0.1, 0.15) is 41.7 Å². The van der Waals surface area contributed by atoms with Crippen molar-refractivity contribution >= 4 is 11.8 Å². The van der Waals surface area contributed by atoms with Crippen LogP contribution in [-0.4, -0.2) is 63.5 Å². The molecule has 1 aliphatic rings. The van der Waals surface area contributed by atoms with Gasteiger partial charge in [-0.15, -0.1) is 0 Å². The summed E-state index contributed by atoms with van der Waals surface area (Å²) in [7, 11) is 1.85. The van der Waals surface area contributed by atoms with Crippen LogP contribution in [0.25, 0.3) is 0 Å². The second-order valence-corrected chi connectivity index (χ2v) is 7.17. The van der Waals surface area contributed by atoms with E-state index in [0.29, 0.717) is 24.4 Å². The molecule has 144 valence electrons. The highest BCUT2D eigenvalue weighted by Gasteiger charge is 2.25. The first-order valence-corrected chi connectivity index (χ1v) is 9.55. The van der Waals surface area contributed by atoms with E-state index in [4.69, 9.17) is 0 Å². The zero-order chi connectivity index (χ0) is 19.1. The van der Waals surface area contributed by atoms with Gasteiger partial charge in [-0.25, -0.2) is 0 Å². The molecule has 0 saturated carbocycles. The van der Waals surface area contributed by atoms with E-state index in [1.165, 1.54) is 0 Å². The number of aromatic amines is 1. The summed E-state index contributed by atoms with van der Waals surface area (Å²) in [6, 6.07) is 5.83. The number of pyridine rings is 1. The van der Waals surface area contributed by atoms with Gasteiger partial charge in [-0.1, -0.05) is 6.07 Å². The molecule has 1 aliphatic heterocycles. The number of likely N-dealkylation sites (tertiary alicyclic amines) is 1. The summed E-state index contributed by atoms with van der Waals surface area (Å²) in [5.74, 6) is 0.555. The van der Waals surface area contributed by atoms with Crippen molar-refractivity contribution in [3.8, 4) is 0 Å². The number of nitrogens with one attached hydrogen (secondary N) is 1. The molecule has 7 heteroatoms. The Balaban J connectivity index is 1.42. The Bertz CT molecular complexity index is 732. The summed E-state index contributed by atoms with van der Waals surface area (Å²) in [6.45, 7) is 2.17. The van der Waals surface area contributed by atoms with Crippen LogP contribution in [0.3, 0.4) is 0 Å². The Hall–Kier alpha value is -2.70. The van der Waals surface area contributed by atoms with E-state index >= 15 is 0 Å². The lowest BCUT2D eigenvalue weighted by molar-refractivity contribution is -0.130. The molecular weight excluding hydrogens is 342 g/mol. The quantitative estimate of drug-likeness (QED) is 0.811. The van der Waals surface area contributed by atoms with Crippen LogP contribution >= 0.6 is 0 Å². The number of carbonyl (C=O) groups excluding carboxylic acids is 2. The number of amides is 2. The highest BCUT2D eigenvalue weighted by Crippen LogP contribution is 2.22. The van der Waals surface area contributed by atoms with Crippen LogP contribution in [0.15, 0.2) is 36.8 Å². The molecule has 1 N–H and O–H groups in total. The van der Waals surface area contributed by atoms with Crippen LogP contribution in [0, 0.1) is 5.92 Å². The third kappa shape index (κ3) is 5.39. The molecule has 2 aromatic rings. The average molecular weight is 369 g/mol. The van der Waals surface area contributed by atoms with Crippen LogP contribution in [0.4, 0.5) is 0 Å². The molecule has 0 unspecified atom stereocenters. The molecule has 2 aromatic heterocycles. The van der Waals surface area contributed by atoms with Gasteiger partial charge in [0.25, 0.3) is 5.91 Å². The fraction of sp³-hybridized carbons (Fsp3) is 0.500. The minimum atomic E-state index is 0.0206. The van der Waals surface area contributed by atoms with Crippen molar-refractivity contribution < 1.29 is 9.59 Å². The van der Waals surface area contributed by atoms with Crippen molar-refractivity contribution in [3.05, 3.63) is 48.0 Å². The molecule has 27 heavy (non-hydrogen) atoms. The summed E-state index contributed by atoms with van der Waals surface area (Å²) in [5.41, 5.74) is 1.60. The van der Waals surface area contributed by atoms with Crippen molar-refractivity contribution in [3.63, 3.8) is 0 Å². The molecule has 0 radical (unpaired) electrons. The maximum absolute atomic E-state index is 12.5. The fourth-order valence-electron chi connectivity index (χ4n) is 3.51. The summed E-state index contributed by atoms with van der Waals surface area (Å²) in [4.78, 5) is 32.8. The Morgan fingerprint density at radius 3 is 3.00 bits per heavy atom. The minimum Gasteiger partial charge on any atom is -0.345 e. The highest BCUT2D eigenvalue weighted by atomic mass is 16.2. The predicted octanol–water partition coefficient (Wildman–Crippen LogP) is 2.14. The normalized spacial score (nSPS) is 16.9. The first-order chi connectivity index (χ1) is 13.1. The van der Waals surface area contributed by atoms with Gasteiger partial charge < -0.3 is 9.80 Å². The monoisotopic (exact) mass is 369 g/mol. The highest BCUT2D eigenvalue weighted by molar-refractivity contribution is 5.93. The number of rotatable bonds is 7. The third-order valence-electron chi connectivity index (χ3n) is 5.17. The van der Waals surface area contributed by atoms with E-state index in [2.05, 4.69) is 15.2 Å². The van der Waals surface area contributed by atoms with Crippen LogP contribution < -0.4 is 0 Å². The summed E-state index contributed by atoms with van der Waals surface area (Å²) >= 11 is 0. The first-order valence-electron chi connectivity index (χ1n) is 9.55. The Morgan fingerprint density at radius 2 is 2.26 bits per heavy atom. The molecule has 3 rings (SSSR count). The SMILES string of the molecule is CN(CCc1ccccn1)C(=O)CC[C@@H]1CCCN(C(=O)c2cn[nH]c2)C1. The van der Waals surface area contributed by atoms with Gasteiger partial charge in [0.2, 0.25) is 5.91 Å². The van der Waals surface area contributed by atoms with Gasteiger partial charge in [0.1, 0.15) is 0 Å². The second kappa shape index (κ2) is 9.30. The average Bonchev–Trinajstić information content (AvgIpc) is 3.25. The Morgan fingerprint density at radius 1 is 1.37 bits per heavy atom. The lowest BCUT2D eigenvalue weighted by atomic mass is 9.93. The van der Waals surface area contributed by atoms with Crippen molar-refractivity contribution in [1.29, 1.82) is 0 Å². The molecule has 7 nitrogen and oxygen atoms in total. The first kappa shape index (κ1) is 19.1. The topological polar surface area (TPSA) is 82.2 Å². The standard InChI is InChI=1S/C20H27N5O2/c1-24(12-9-18-6-2-3-10-21-18)19(26)8-7-16-5-4-11-25(15-16)20(27)17-13-22-23-14-17/h2-3,6,10,13-14,16H,4-5,7-9,11-12,15H2,1H3,(H,22,23)/t16-/m0/s1. The van der Waals surface area contributed by atoms with Crippen molar-refractivity contribution in [2.45, 2.75) is 32.1 Å². The van der Waals surface area contributed by atoms with Gasteiger partial charge in [0, 0.05) is 57.6 Å². The van der Waals surface area contributed by atoms with Gasteiger partial charge in [-0.3, -0.25) is 19.7 Å². The van der Waals surface area contributed by atoms with E-state index < -0.39 is 0 Å². The lowest BCUT2D eigenvalue weighted by Gasteiger charge is -2.32. The number of nitrogens with zero attached hydrogens (tertiary/aromatic N) is 4. The van der Waals surface area contributed by atoms with E-state index in [1.807, 2.05) is 30.1 Å². The predicted molar refractivity (Wildman–Crippen MR) is 102 cm³/mol. The Labute approximate surface area is 159 Å². The molecule has 0 aliphatic carbocycles. The van der Waals surface area contributed by atoms with Gasteiger partial charge >= 0.3 is 0 Å². The molecule has 3 heterocycles. The summed E-state index contributed by atoms with van der Waals surface area (Å²) in [5, 5.41) is 6.53. The number of likely N-dealkylation sites (N-methyl/N-ethyl adjacent to an activating group) is 1. The van der Waals surface area contributed by atoms with Crippen LogP contribution in [-0.2, 0) is 11.2 Å². The smallest absolute Gasteiger partial charge is 0.257 e. The van der Waals surface area contributed by atoms with Gasteiger partial charge in [-0.2, -0.15) is 5.10 Å². The van der Waals surface area contributed by atoms with E-state index in [0.717, 1.165) is 44.5 Å². The molecule has 1 atom stereocenters. The number of carbonyl (C=O) groups is 2. The van der Waals surface area contributed by atoms with Gasteiger partial charge in [-0.05, 0) is 37.3 Å². The molecule has 0 spiro atoms. The maximum atomic E-state index is 12.5. The zero-order valence-electron chi connectivity index (χ0n) is 15.8. The lowest BCUT2D eigenvalue weighted by Crippen LogP contribution is -2.40. The zero-order valence-corrected chi connectivity index (χ0v) is 15.8. The number of hydrogen-bond donors (Lipinski definition) is 1. The maximum Gasteiger partial charge on any atom is 0.257 e. The van der Waals surface area contributed by atoms with Crippen molar-refractivity contribution in [1.82, 2.24) is 25.0 Å². The molecule has 0 bridgehead atoms. The number of H-pyrrole nitrogens is 1. The molecule has 0 aromatic carbocycles. The minimum absolute atomic E-state index is 0.0206. The summed E-state index contributed by atoms with van der Waals surface area (Å²) in [6.07, 6.45) is 9.13. The fourth-order valence-corrected chi connectivity index (χ4v) is 3.51. The van der Waals surface area contributed by atoms with Crippen molar-refractivity contribution in [2.75, 3.05) is 26.7 Å². The number of piperidine rings is 1. The summed E-state index contributed by atoms with van der Waals surface area (Å²) < 4.78 is 0. The second-order valence-electron chi connectivity index (χ2n) is 7.17. The molecule has 1 saturated heterocycles. The molecule has 1 fully saturated rings. The van der Waals surface area contributed by atoms with Crippen LogP contribution in [0.5, 0.6) is 0 Å². The van der Waals surface area contributed by atoms with Crippen LogP contribution in [0.2, 0.25) is 0 Å². The molecular formula is C20H27N5O2. The van der Waals surface area contributed by atoms with Gasteiger partial charge in [0.15, 0.2) is 0 Å². The third-order valence-corrected chi connectivity index (χ3v) is 5.17. The van der Waals surface area contributed by atoms with Crippen molar-refractivity contribution in [2.24, 2.45) is 5.92 Å². The van der Waals surface area contributed by atoms with E-state index in [9.17, 15) is 9.59 Å². The van der Waals surface area contributed by atoms with Gasteiger partial charge in [0.05, 0.1) is 11.8 Å². The van der Waals surface area contributed by atoms with E-state index in [1.54, 1.807) is 23.5 Å². The van der Waals surface area contributed by atoms with E-state index in [-0.39, 0.29) is 11.8 Å². The number of aromatic nitrogens is 3. The Kier molecular flexibility index (Phi) is 6.57. The molecule has 2 amide bonds.